The van der Waals surface area contributed by atoms with E-state index in [1.165, 1.54) is 12.3 Å². The summed E-state index contributed by atoms with van der Waals surface area (Å²) in [5.41, 5.74) is -0.347. The number of pyridine rings is 1. The maximum Gasteiger partial charge on any atom is 0.338 e. The van der Waals surface area contributed by atoms with Crippen molar-refractivity contribution in [3.63, 3.8) is 0 Å². The van der Waals surface area contributed by atoms with E-state index in [-0.39, 0.29) is 17.4 Å². The van der Waals surface area contributed by atoms with Crippen LogP contribution < -0.4 is 4.90 Å². The molecule has 1 aromatic heterocycles. The monoisotopic (exact) mass is 282 g/mol. The van der Waals surface area contributed by atoms with Crippen molar-refractivity contribution >= 4 is 11.8 Å². The second kappa shape index (κ2) is 6.17. The number of nitrogens with zero attached hydrogens (tertiary/aromatic N) is 2. The number of hydrogen-bond donors (Lipinski definition) is 1. The molecule has 2 rings (SSSR count). The lowest BCUT2D eigenvalue weighted by Gasteiger charge is -2.30. The average molecular weight is 282 g/mol. The highest BCUT2D eigenvalue weighted by Crippen LogP contribution is 2.37. The van der Waals surface area contributed by atoms with Crippen LogP contribution in [0.1, 0.15) is 30.1 Å². The molecule has 0 radical (unpaired) electrons. The molecule has 1 aliphatic carbocycles. The summed E-state index contributed by atoms with van der Waals surface area (Å²) < 4.78 is 19.4. The Morgan fingerprint density at radius 2 is 2.35 bits per heavy atom. The van der Waals surface area contributed by atoms with Gasteiger partial charge in [-0.1, -0.05) is 0 Å². The topological polar surface area (TPSA) is 62.7 Å². The van der Waals surface area contributed by atoms with E-state index in [4.69, 9.17) is 9.84 Å². The largest absolute Gasteiger partial charge is 0.478 e. The summed E-state index contributed by atoms with van der Waals surface area (Å²) >= 11 is 0. The fourth-order valence-electron chi connectivity index (χ4n) is 2.32. The molecule has 1 atom stereocenters. The van der Waals surface area contributed by atoms with E-state index in [1.54, 1.807) is 7.11 Å². The van der Waals surface area contributed by atoms with Gasteiger partial charge in [-0.3, -0.25) is 0 Å². The molecule has 20 heavy (non-hydrogen) atoms. The van der Waals surface area contributed by atoms with Crippen molar-refractivity contribution < 1.29 is 19.0 Å². The highest BCUT2D eigenvalue weighted by atomic mass is 19.1. The van der Waals surface area contributed by atoms with Gasteiger partial charge in [-0.2, -0.15) is 0 Å². The molecule has 1 aliphatic rings. The van der Waals surface area contributed by atoms with Crippen LogP contribution in [0.5, 0.6) is 0 Å². The van der Waals surface area contributed by atoms with E-state index < -0.39 is 11.8 Å². The van der Waals surface area contributed by atoms with Gasteiger partial charge in [0.05, 0.1) is 6.61 Å². The van der Waals surface area contributed by atoms with Gasteiger partial charge in [-0.25, -0.2) is 14.2 Å². The average Bonchev–Trinajstić information content (AvgIpc) is 3.24. The summed E-state index contributed by atoms with van der Waals surface area (Å²) in [7, 11) is 1.58. The van der Waals surface area contributed by atoms with Gasteiger partial charge >= 0.3 is 5.97 Å². The van der Waals surface area contributed by atoms with Crippen LogP contribution in [-0.4, -0.2) is 42.4 Å². The van der Waals surface area contributed by atoms with E-state index in [9.17, 15) is 9.18 Å². The first-order valence-electron chi connectivity index (χ1n) is 6.69. The number of rotatable bonds is 7. The van der Waals surface area contributed by atoms with Gasteiger partial charge in [0.25, 0.3) is 0 Å². The molecule has 0 amide bonds. The molecule has 1 aromatic rings. The maximum atomic E-state index is 14.3. The molecule has 1 fully saturated rings. The van der Waals surface area contributed by atoms with Crippen LogP contribution in [0.15, 0.2) is 12.3 Å². The Balaban J connectivity index is 2.31. The standard InChI is InChI=1S/C14H19FN2O3/c1-9(10-3-4-10)17(7-8-20-2)13-12(15)11(14(18)19)5-6-16-13/h5-6,9-10H,3-4,7-8H2,1-2H3,(H,18,19). The molecular formula is C14H19FN2O3. The molecule has 0 aromatic carbocycles. The maximum absolute atomic E-state index is 14.3. The number of anilines is 1. The Morgan fingerprint density at radius 3 is 2.90 bits per heavy atom. The van der Waals surface area contributed by atoms with Crippen LogP contribution >= 0.6 is 0 Å². The van der Waals surface area contributed by atoms with E-state index in [1.807, 2.05) is 11.8 Å². The zero-order valence-electron chi connectivity index (χ0n) is 11.7. The molecule has 1 saturated carbocycles. The van der Waals surface area contributed by atoms with E-state index in [2.05, 4.69) is 4.98 Å². The second-order valence-corrected chi connectivity index (χ2v) is 5.07. The minimum atomic E-state index is -1.28. The lowest BCUT2D eigenvalue weighted by atomic mass is 10.1. The third-order valence-electron chi connectivity index (χ3n) is 3.71. The van der Waals surface area contributed by atoms with Crippen LogP contribution in [-0.2, 0) is 4.74 Å². The van der Waals surface area contributed by atoms with Crippen LogP contribution in [0, 0.1) is 11.7 Å². The predicted molar refractivity (Wildman–Crippen MR) is 72.6 cm³/mol. The summed E-state index contributed by atoms with van der Waals surface area (Å²) in [4.78, 5) is 16.9. The van der Waals surface area contributed by atoms with Crippen LogP contribution in [0.3, 0.4) is 0 Å². The van der Waals surface area contributed by atoms with Gasteiger partial charge in [0.15, 0.2) is 11.6 Å². The lowest BCUT2D eigenvalue weighted by Crippen LogP contribution is -2.38. The van der Waals surface area contributed by atoms with Crippen molar-refractivity contribution in [1.29, 1.82) is 0 Å². The number of halogens is 1. The summed E-state index contributed by atoms with van der Waals surface area (Å²) in [5, 5.41) is 9.00. The first-order chi connectivity index (χ1) is 9.56. The minimum Gasteiger partial charge on any atom is -0.478 e. The summed E-state index contributed by atoms with van der Waals surface area (Å²) in [6.45, 7) is 2.94. The zero-order chi connectivity index (χ0) is 14.7. The van der Waals surface area contributed by atoms with Gasteiger partial charge in [0, 0.05) is 25.9 Å². The van der Waals surface area contributed by atoms with Crippen molar-refractivity contribution in [2.45, 2.75) is 25.8 Å². The Hall–Kier alpha value is -1.69. The SMILES string of the molecule is COCCN(c1nccc(C(=O)O)c1F)C(C)C1CC1. The number of ether oxygens (including phenoxy) is 1. The van der Waals surface area contributed by atoms with Gasteiger partial charge in [-0.05, 0) is 31.7 Å². The normalized spacial score (nSPS) is 15.9. The molecule has 0 aliphatic heterocycles. The zero-order valence-corrected chi connectivity index (χ0v) is 11.7. The van der Waals surface area contributed by atoms with E-state index in [0.29, 0.717) is 19.1 Å². The van der Waals surface area contributed by atoms with Gasteiger partial charge in [0.2, 0.25) is 0 Å². The number of hydrogen-bond acceptors (Lipinski definition) is 4. The highest BCUT2D eigenvalue weighted by Gasteiger charge is 2.34. The molecule has 110 valence electrons. The molecule has 0 spiro atoms. The van der Waals surface area contributed by atoms with E-state index in [0.717, 1.165) is 12.8 Å². The fraction of sp³-hybridized carbons (Fsp3) is 0.571. The predicted octanol–water partition coefficient (Wildman–Crippen LogP) is 2.17. The van der Waals surface area contributed by atoms with Crippen molar-refractivity contribution in [2.24, 2.45) is 5.92 Å². The number of aromatic nitrogens is 1. The third kappa shape index (κ3) is 3.07. The van der Waals surface area contributed by atoms with Crippen molar-refractivity contribution in [3.8, 4) is 0 Å². The Kier molecular flexibility index (Phi) is 4.54. The molecule has 1 heterocycles. The fourth-order valence-corrected chi connectivity index (χ4v) is 2.32. The molecule has 1 N–H and O–H groups in total. The van der Waals surface area contributed by atoms with Crippen molar-refractivity contribution in [1.82, 2.24) is 4.98 Å². The van der Waals surface area contributed by atoms with Gasteiger partial charge < -0.3 is 14.7 Å². The second-order valence-electron chi connectivity index (χ2n) is 5.07. The van der Waals surface area contributed by atoms with Crippen molar-refractivity contribution in [2.75, 3.05) is 25.2 Å². The van der Waals surface area contributed by atoms with E-state index >= 15 is 0 Å². The number of carbonyl (C=O) groups is 1. The molecule has 6 heteroatoms. The summed E-state index contributed by atoms with van der Waals surface area (Å²) in [6.07, 6.45) is 3.57. The first-order valence-corrected chi connectivity index (χ1v) is 6.69. The third-order valence-corrected chi connectivity index (χ3v) is 3.71. The van der Waals surface area contributed by atoms with Gasteiger partial charge in [0.1, 0.15) is 5.56 Å². The number of carboxylic acids is 1. The molecule has 0 saturated heterocycles. The van der Waals surface area contributed by atoms with Crippen LogP contribution in [0.2, 0.25) is 0 Å². The summed E-state index contributed by atoms with van der Waals surface area (Å²) in [5.74, 6) is -1.44. The lowest BCUT2D eigenvalue weighted by molar-refractivity contribution is 0.0691. The van der Waals surface area contributed by atoms with Crippen molar-refractivity contribution in [3.05, 3.63) is 23.6 Å². The number of methoxy groups -OCH3 is 1. The smallest absolute Gasteiger partial charge is 0.338 e. The first kappa shape index (κ1) is 14.7. The summed E-state index contributed by atoms with van der Waals surface area (Å²) in [6, 6.07) is 1.30. The molecule has 5 nitrogen and oxygen atoms in total. The Bertz CT molecular complexity index is 491. The molecular weight excluding hydrogens is 263 g/mol. The minimum absolute atomic E-state index is 0.0985. The van der Waals surface area contributed by atoms with Gasteiger partial charge in [-0.15, -0.1) is 0 Å². The van der Waals surface area contributed by atoms with Crippen LogP contribution in [0.4, 0.5) is 10.2 Å². The molecule has 0 bridgehead atoms. The quantitative estimate of drug-likeness (QED) is 0.830. The molecule has 1 unspecified atom stereocenters. The Morgan fingerprint density at radius 1 is 1.65 bits per heavy atom. The Labute approximate surface area is 117 Å². The van der Waals surface area contributed by atoms with Crippen LogP contribution in [0.25, 0.3) is 0 Å². The highest BCUT2D eigenvalue weighted by molar-refractivity contribution is 5.88. The number of carboxylic acid groups (broad SMARTS) is 1. The number of aromatic carboxylic acids is 1.